The normalized spacial score (nSPS) is 10.9. The van der Waals surface area contributed by atoms with Gasteiger partial charge in [0, 0.05) is 0 Å². The molecule has 0 radical (unpaired) electrons. The number of benzene rings is 2. The lowest BCUT2D eigenvalue weighted by molar-refractivity contribution is 0.100. The molecule has 24 heavy (non-hydrogen) atoms. The van der Waals surface area contributed by atoms with E-state index in [1.54, 1.807) is 18.2 Å². The van der Waals surface area contributed by atoms with Crippen LogP contribution in [0.3, 0.4) is 0 Å². The number of para-hydroxylation sites is 1. The van der Waals surface area contributed by atoms with Gasteiger partial charge in [-0.1, -0.05) is 29.5 Å². The molecule has 118 valence electrons. The summed E-state index contributed by atoms with van der Waals surface area (Å²) in [5.74, 6) is -0.512. The zero-order valence-electron chi connectivity index (χ0n) is 12.3. The van der Waals surface area contributed by atoms with Gasteiger partial charge in [0.1, 0.15) is 5.82 Å². The van der Waals surface area contributed by atoms with E-state index in [-0.39, 0.29) is 11.7 Å². The molecule has 0 aliphatic carbocycles. The number of carbonyl (C=O) groups is 1. The minimum atomic E-state index is -0.341. The summed E-state index contributed by atoms with van der Waals surface area (Å²) in [6.45, 7) is 0. The zero-order valence-corrected chi connectivity index (χ0v) is 14.0. The summed E-state index contributed by atoms with van der Waals surface area (Å²) < 4.78 is 14.3. The summed E-state index contributed by atoms with van der Waals surface area (Å²) in [6.07, 6.45) is 0. The molecule has 0 atom stereocenters. The Labute approximate surface area is 145 Å². The van der Waals surface area contributed by atoms with Gasteiger partial charge in [0.15, 0.2) is 5.13 Å². The van der Waals surface area contributed by atoms with E-state index < -0.39 is 0 Å². The number of hydrogen-bond donors (Lipinski definition) is 0. The SMILES string of the molecule is O=C(c1cccs1)N(c1ccc(F)cc1)c1nc2ccccc2s1. The fourth-order valence-corrected chi connectivity index (χ4v) is 4.01. The van der Waals surface area contributed by atoms with Gasteiger partial charge in [-0.2, -0.15) is 0 Å². The van der Waals surface area contributed by atoms with E-state index in [1.165, 1.54) is 39.7 Å². The van der Waals surface area contributed by atoms with Crippen molar-refractivity contribution in [3.8, 4) is 0 Å². The topological polar surface area (TPSA) is 33.2 Å². The van der Waals surface area contributed by atoms with Crippen molar-refractivity contribution >= 4 is 49.6 Å². The van der Waals surface area contributed by atoms with Crippen LogP contribution in [-0.2, 0) is 0 Å². The number of anilines is 2. The Morgan fingerprint density at radius 2 is 1.79 bits per heavy atom. The second kappa shape index (κ2) is 6.14. The molecule has 0 spiro atoms. The maximum Gasteiger partial charge on any atom is 0.274 e. The van der Waals surface area contributed by atoms with Crippen molar-refractivity contribution in [2.24, 2.45) is 0 Å². The van der Waals surface area contributed by atoms with Gasteiger partial charge in [0.2, 0.25) is 0 Å². The second-order valence-corrected chi connectivity index (χ2v) is 7.02. The van der Waals surface area contributed by atoms with Crippen molar-refractivity contribution in [1.29, 1.82) is 0 Å². The van der Waals surface area contributed by atoms with Crippen LogP contribution in [-0.4, -0.2) is 10.9 Å². The van der Waals surface area contributed by atoms with Crippen LogP contribution in [0.15, 0.2) is 66.0 Å². The van der Waals surface area contributed by atoms with Crippen molar-refractivity contribution in [1.82, 2.24) is 4.98 Å². The molecule has 0 aliphatic rings. The van der Waals surface area contributed by atoms with Crippen LogP contribution in [0.2, 0.25) is 0 Å². The average molecular weight is 354 g/mol. The molecule has 2 aromatic carbocycles. The number of thiophene rings is 1. The van der Waals surface area contributed by atoms with E-state index in [0.29, 0.717) is 15.7 Å². The standard InChI is InChI=1S/C18H11FN2OS2/c19-12-7-9-13(10-8-12)21(17(22)16-6-3-11-23-16)18-20-14-4-1-2-5-15(14)24-18/h1-11H. The molecule has 4 rings (SSSR count). The summed E-state index contributed by atoms with van der Waals surface area (Å²) in [6, 6.07) is 17.2. The van der Waals surface area contributed by atoms with Gasteiger partial charge in [-0.05, 0) is 47.8 Å². The van der Waals surface area contributed by atoms with Gasteiger partial charge in [-0.25, -0.2) is 9.37 Å². The van der Waals surface area contributed by atoms with Crippen molar-refractivity contribution < 1.29 is 9.18 Å². The van der Waals surface area contributed by atoms with Crippen LogP contribution in [0.4, 0.5) is 15.2 Å². The van der Waals surface area contributed by atoms with Crippen molar-refractivity contribution in [3.63, 3.8) is 0 Å². The predicted octanol–water partition coefficient (Wildman–Crippen LogP) is 5.48. The smallest absolute Gasteiger partial charge is 0.267 e. The molecular weight excluding hydrogens is 343 g/mol. The monoisotopic (exact) mass is 354 g/mol. The number of aromatic nitrogens is 1. The number of rotatable bonds is 3. The number of halogens is 1. The fraction of sp³-hybridized carbons (Fsp3) is 0. The van der Waals surface area contributed by atoms with Crippen LogP contribution >= 0.6 is 22.7 Å². The molecule has 6 heteroatoms. The van der Waals surface area contributed by atoms with Gasteiger partial charge in [0.25, 0.3) is 5.91 Å². The number of hydrogen-bond acceptors (Lipinski definition) is 4. The molecule has 1 amide bonds. The summed E-state index contributed by atoms with van der Waals surface area (Å²) in [4.78, 5) is 19.7. The van der Waals surface area contributed by atoms with Crippen LogP contribution in [0, 0.1) is 5.82 Å². The van der Waals surface area contributed by atoms with Crippen LogP contribution in [0.5, 0.6) is 0 Å². The first-order valence-corrected chi connectivity index (χ1v) is 8.91. The van der Waals surface area contributed by atoms with Gasteiger partial charge in [-0.3, -0.25) is 9.69 Å². The third kappa shape index (κ3) is 2.70. The molecular formula is C18H11FN2OS2. The van der Waals surface area contributed by atoms with E-state index in [9.17, 15) is 9.18 Å². The lowest BCUT2D eigenvalue weighted by Gasteiger charge is -2.19. The van der Waals surface area contributed by atoms with Crippen LogP contribution in [0.25, 0.3) is 10.2 Å². The summed E-state index contributed by atoms with van der Waals surface area (Å²) in [5.41, 5.74) is 1.43. The lowest BCUT2D eigenvalue weighted by atomic mass is 10.2. The Kier molecular flexibility index (Phi) is 3.84. The first-order valence-electron chi connectivity index (χ1n) is 7.21. The van der Waals surface area contributed by atoms with Gasteiger partial charge in [0.05, 0.1) is 20.8 Å². The molecule has 0 saturated carbocycles. The molecule has 3 nitrogen and oxygen atoms in total. The lowest BCUT2D eigenvalue weighted by Crippen LogP contribution is -2.25. The van der Waals surface area contributed by atoms with Gasteiger partial charge < -0.3 is 0 Å². The highest BCUT2D eigenvalue weighted by atomic mass is 32.1. The van der Waals surface area contributed by atoms with Gasteiger partial charge >= 0.3 is 0 Å². The molecule has 4 aromatic rings. The number of fused-ring (bicyclic) bond motifs is 1. The number of amides is 1. The first-order chi connectivity index (χ1) is 11.7. The summed E-state index contributed by atoms with van der Waals surface area (Å²) in [5, 5.41) is 2.43. The Morgan fingerprint density at radius 3 is 2.50 bits per heavy atom. The van der Waals surface area contributed by atoms with E-state index in [1.807, 2.05) is 35.7 Å². The Bertz CT molecular complexity index is 960. The molecule has 2 heterocycles. The number of carbonyl (C=O) groups excluding carboxylic acids is 1. The molecule has 2 aromatic heterocycles. The minimum absolute atomic E-state index is 0.171. The molecule has 0 saturated heterocycles. The fourth-order valence-electron chi connectivity index (χ4n) is 2.37. The van der Waals surface area contributed by atoms with Crippen molar-refractivity contribution in [3.05, 3.63) is 76.7 Å². The summed E-state index contributed by atoms with van der Waals surface area (Å²) >= 11 is 2.81. The van der Waals surface area contributed by atoms with Crippen molar-refractivity contribution in [2.75, 3.05) is 4.90 Å². The average Bonchev–Trinajstić information content (AvgIpc) is 3.26. The van der Waals surface area contributed by atoms with Crippen LogP contribution in [0.1, 0.15) is 9.67 Å². The maximum absolute atomic E-state index is 13.3. The van der Waals surface area contributed by atoms with E-state index in [0.717, 1.165) is 10.2 Å². The minimum Gasteiger partial charge on any atom is -0.267 e. The highest BCUT2D eigenvalue weighted by molar-refractivity contribution is 7.22. The third-order valence-corrected chi connectivity index (χ3v) is 5.37. The Balaban J connectivity index is 1.86. The third-order valence-electron chi connectivity index (χ3n) is 3.49. The predicted molar refractivity (Wildman–Crippen MR) is 96.8 cm³/mol. The number of thiazole rings is 1. The van der Waals surface area contributed by atoms with Gasteiger partial charge in [-0.15, -0.1) is 11.3 Å². The maximum atomic E-state index is 13.3. The van der Waals surface area contributed by atoms with Crippen molar-refractivity contribution in [2.45, 2.75) is 0 Å². The van der Waals surface area contributed by atoms with E-state index >= 15 is 0 Å². The second-order valence-electron chi connectivity index (χ2n) is 5.06. The molecule has 0 aliphatic heterocycles. The molecule has 0 N–H and O–H groups in total. The number of nitrogens with zero attached hydrogens (tertiary/aromatic N) is 2. The highest BCUT2D eigenvalue weighted by Gasteiger charge is 2.23. The molecule has 0 fully saturated rings. The first kappa shape index (κ1) is 15.0. The van der Waals surface area contributed by atoms with E-state index in [2.05, 4.69) is 4.98 Å². The molecule has 0 bridgehead atoms. The quantitative estimate of drug-likeness (QED) is 0.488. The van der Waals surface area contributed by atoms with E-state index in [4.69, 9.17) is 0 Å². The Morgan fingerprint density at radius 1 is 1.00 bits per heavy atom. The zero-order chi connectivity index (χ0) is 16.5. The highest BCUT2D eigenvalue weighted by Crippen LogP contribution is 2.35. The largest absolute Gasteiger partial charge is 0.274 e. The summed E-state index contributed by atoms with van der Waals surface area (Å²) in [7, 11) is 0. The molecule has 0 unspecified atom stereocenters. The Hall–Kier alpha value is -2.57. The van der Waals surface area contributed by atoms with Crippen LogP contribution < -0.4 is 4.90 Å².